The van der Waals surface area contributed by atoms with Crippen LogP contribution in [0.15, 0.2) is 24.3 Å². The minimum Gasteiger partial charge on any atom is -0.385 e. The van der Waals surface area contributed by atoms with E-state index in [1.54, 1.807) is 0 Å². The van der Waals surface area contributed by atoms with Crippen molar-refractivity contribution in [3.8, 4) is 0 Å². The fraction of sp³-hybridized carbons (Fsp3) is 0.333. The molecule has 0 aromatic heterocycles. The molecule has 0 saturated heterocycles. The van der Waals surface area contributed by atoms with Gasteiger partial charge in [-0.15, -0.1) is 24.8 Å². The molecule has 0 aliphatic carbocycles. The van der Waals surface area contributed by atoms with Gasteiger partial charge in [-0.1, -0.05) is 18.2 Å². The molecule has 0 unspecified atom stereocenters. The molecule has 0 radical (unpaired) electrons. The smallest absolute Gasteiger partial charge is 0.0388 e. The number of nitrogens with one attached hydrogen (secondary N) is 1. The Kier molecular flexibility index (Phi) is 5.14. The molecule has 74 valence electrons. The molecule has 1 aromatic carbocycles. The van der Waals surface area contributed by atoms with Crippen molar-refractivity contribution in [3.63, 3.8) is 0 Å². The van der Waals surface area contributed by atoms with Gasteiger partial charge in [0.15, 0.2) is 0 Å². The van der Waals surface area contributed by atoms with Gasteiger partial charge < -0.3 is 11.1 Å². The number of para-hydroxylation sites is 1. The van der Waals surface area contributed by atoms with Crippen LogP contribution in [0.4, 0.5) is 5.69 Å². The Hall–Kier alpha value is -0.440. The van der Waals surface area contributed by atoms with E-state index in [0.29, 0.717) is 0 Å². The number of nitrogens with two attached hydrogens (primary N) is 1. The van der Waals surface area contributed by atoms with Crippen LogP contribution in [-0.4, -0.2) is 6.54 Å². The summed E-state index contributed by atoms with van der Waals surface area (Å²) in [5, 5.41) is 3.31. The molecule has 0 amide bonds. The van der Waals surface area contributed by atoms with Crippen molar-refractivity contribution in [3.05, 3.63) is 29.8 Å². The first-order chi connectivity index (χ1) is 5.38. The average molecular weight is 221 g/mol. The van der Waals surface area contributed by atoms with E-state index < -0.39 is 0 Å². The third-order valence-corrected chi connectivity index (χ3v) is 2.13. The van der Waals surface area contributed by atoms with Crippen LogP contribution >= 0.6 is 24.8 Å². The van der Waals surface area contributed by atoms with Crippen LogP contribution in [0.25, 0.3) is 0 Å². The summed E-state index contributed by atoms with van der Waals surface area (Å²) in [5.41, 5.74) is 8.36. The SMILES string of the molecule is Cl.Cl.N[C@@H]1CCNc2ccccc21. The normalized spacial score (nSPS) is 18.7. The van der Waals surface area contributed by atoms with Gasteiger partial charge in [0.05, 0.1) is 0 Å². The van der Waals surface area contributed by atoms with Crippen LogP contribution in [0, 0.1) is 0 Å². The maximum absolute atomic E-state index is 5.91. The lowest BCUT2D eigenvalue weighted by atomic mass is 9.99. The highest BCUT2D eigenvalue weighted by molar-refractivity contribution is 5.85. The van der Waals surface area contributed by atoms with E-state index in [4.69, 9.17) is 5.73 Å². The predicted octanol–water partition coefficient (Wildman–Crippen LogP) is 2.35. The summed E-state index contributed by atoms with van der Waals surface area (Å²) < 4.78 is 0. The molecule has 1 atom stereocenters. The number of rotatable bonds is 0. The molecule has 4 heteroatoms. The topological polar surface area (TPSA) is 38.0 Å². The molecule has 1 aromatic rings. The fourth-order valence-corrected chi connectivity index (χ4v) is 1.50. The average Bonchev–Trinajstić information content (AvgIpc) is 2.06. The van der Waals surface area contributed by atoms with Gasteiger partial charge in [-0.3, -0.25) is 0 Å². The number of benzene rings is 1. The number of anilines is 1. The van der Waals surface area contributed by atoms with E-state index >= 15 is 0 Å². The molecular weight excluding hydrogens is 207 g/mol. The minimum absolute atomic E-state index is 0. The van der Waals surface area contributed by atoms with Crippen LogP contribution in [0.5, 0.6) is 0 Å². The molecule has 2 rings (SSSR count). The molecule has 1 aliphatic heterocycles. The summed E-state index contributed by atoms with van der Waals surface area (Å²) in [7, 11) is 0. The van der Waals surface area contributed by atoms with Crippen LogP contribution in [0.2, 0.25) is 0 Å². The van der Waals surface area contributed by atoms with Gasteiger partial charge in [0.25, 0.3) is 0 Å². The standard InChI is InChI=1S/C9H12N2.2ClH/c10-8-5-6-11-9-4-2-1-3-7(8)9;;/h1-4,8,11H,5-6,10H2;2*1H/t8-;;/m1../s1. The Balaban J connectivity index is 0.000000720. The number of hydrogen-bond acceptors (Lipinski definition) is 2. The first kappa shape index (κ1) is 12.6. The third-order valence-electron chi connectivity index (χ3n) is 2.13. The summed E-state index contributed by atoms with van der Waals surface area (Å²) >= 11 is 0. The zero-order valence-electron chi connectivity index (χ0n) is 7.19. The molecule has 0 spiro atoms. The van der Waals surface area contributed by atoms with E-state index in [0.717, 1.165) is 13.0 Å². The van der Waals surface area contributed by atoms with Gasteiger partial charge in [0.2, 0.25) is 0 Å². The Morgan fingerprint density at radius 1 is 1.23 bits per heavy atom. The molecule has 1 aliphatic rings. The van der Waals surface area contributed by atoms with Crippen molar-refractivity contribution in [2.45, 2.75) is 12.5 Å². The van der Waals surface area contributed by atoms with E-state index in [1.807, 2.05) is 12.1 Å². The van der Waals surface area contributed by atoms with Crippen molar-refractivity contribution in [1.29, 1.82) is 0 Å². The number of halogens is 2. The maximum Gasteiger partial charge on any atom is 0.0388 e. The first-order valence-corrected chi connectivity index (χ1v) is 3.96. The summed E-state index contributed by atoms with van der Waals surface area (Å²) in [5.74, 6) is 0. The van der Waals surface area contributed by atoms with E-state index in [2.05, 4.69) is 17.4 Å². The molecule has 0 saturated carbocycles. The number of fused-ring (bicyclic) bond motifs is 1. The highest BCUT2D eigenvalue weighted by Crippen LogP contribution is 2.26. The predicted molar refractivity (Wildman–Crippen MR) is 61.0 cm³/mol. The summed E-state index contributed by atoms with van der Waals surface area (Å²) in [6.07, 6.45) is 1.04. The lowest BCUT2D eigenvalue weighted by molar-refractivity contribution is 0.655. The van der Waals surface area contributed by atoms with E-state index in [1.165, 1.54) is 11.3 Å². The van der Waals surface area contributed by atoms with Crippen molar-refractivity contribution < 1.29 is 0 Å². The molecular formula is C9H14Cl2N2. The van der Waals surface area contributed by atoms with Gasteiger partial charge in [-0.2, -0.15) is 0 Å². The summed E-state index contributed by atoms with van der Waals surface area (Å²) in [6, 6.07) is 8.46. The summed E-state index contributed by atoms with van der Waals surface area (Å²) in [6.45, 7) is 0.998. The Morgan fingerprint density at radius 2 is 1.92 bits per heavy atom. The van der Waals surface area contributed by atoms with Crippen LogP contribution < -0.4 is 11.1 Å². The van der Waals surface area contributed by atoms with Crippen LogP contribution in [0.1, 0.15) is 18.0 Å². The Labute approximate surface area is 90.7 Å². The van der Waals surface area contributed by atoms with Crippen LogP contribution in [0.3, 0.4) is 0 Å². The lowest BCUT2D eigenvalue weighted by Crippen LogP contribution is -2.22. The van der Waals surface area contributed by atoms with Gasteiger partial charge >= 0.3 is 0 Å². The van der Waals surface area contributed by atoms with Crippen molar-refractivity contribution in [1.82, 2.24) is 0 Å². The Morgan fingerprint density at radius 3 is 2.62 bits per heavy atom. The Bertz CT molecular complexity index is 266. The lowest BCUT2D eigenvalue weighted by Gasteiger charge is -2.23. The second kappa shape index (κ2) is 5.32. The minimum atomic E-state index is 0. The zero-order chi connectivity index (χ0) is 7.68. The van der Waals surface area contributed by atoms with Crippen molar-refractivity contribution in [2.24, 2.45) is 5.73 Å². The molecule has 3 N–H and O–H groups in total. The first-order valence-electron chi connectivity index (χ1n) is 3.96. The molecule has 2 nitrogen and oxygen atoms in total. The van der Waals surface area contributed by atoms with Gasteiger partial charge in [0.1, 0.15) is 0 Å². The number of hydrogen-bond donors (Lipinski definition) is 2. The second-order valence-electron chi connectivity index (χ2n) is 2.91. The third kappa shape index (κ3) is 2.50. The molecule has 13 heavy (non-hydrogen) atoms. The molecule has 1 heterocycles. The largest absolute Gasteiger partial charge is 0.385 e. The maximum atomic E-state index is 5.91. The van der Waals surface area contributed by atoms with Crippen molar-refractivity contribution >= 4 is 30.5 Å². The van der Waals surface area contributed by atoms with Crippen LogP contribution in [-0.2, 0) is 0 Å². The fourth-order valence-electron chi connectivity index (χ4n) is 1.50. The quantitative estimate of drug-likeness (QED) is 0.705. The molecule has 0 bridgehead atoms. The van der Waals surface area contributed by atoms with Gasteiger partial charge in [0, 0.05) is 18.3 Å². The second-order valence-corrected chi connectivity index (χ2v) is 2.91. The highest BCUT2D eigenvalue weighted by Gasteiger charge is 2.14. The van der Waals surface area contributed by atoms with Crippen molar-refractivity contribution in [2.75, 3.05) is 11.9 Å². The zero-order valence-corrected chi connectivity index (χ0v) is 8.83. The van der Waals surface area contributed by atoms with Gasteiger partial charge in [-0.05, 0) is 18.1 Å². The van der Waals surface area contributed by atoms with Gasteiger partial charge in [-0.25, -0.2) is 0 Å². The highest BCUT2D eigenvalue weighted by atomic mass is 35.5. The van der Waals surface area contributed by atoms with E-state index in [9.17, 15) is 0 Å². The monoisotopic (exact) mass is 220 g/mol. The molecule has 0 fully saturated rings. The van der Waals surface area contributed by atoms with E-state index in [-0.39, 0.29) is 30.9 Å². The summed E-state index contributed by atoms with van der Waals surface area (Å²) in [4.78, 5) is 0.